The summed E-state index contributed by atoms with van der Waals surface area (Å²) in [5, 5.41) is 2.56. The summed E-state index contributed by atoms with van der Waals surface area (Å²) in [4.78, 5) is 0. The predicted octanol–water partition coefficient (Wildman–Crippen LogP) is 4.09. The normalized spacial score (nSPS) is 13.7. The maximum atomic E-state index is 5.71. The second-order valence-electron chi connectivity index (χ2n) is 6.84. The minimum atomic E-state index is 0.857. The van der Waals surface area contributed by atoms with Gasteiger partial charge in [-0.05, 0) is 28.0 Å². The molecule has 0 saturated carbocycles. The zero-order valence-corrected chi connectivity index (χ0v) is 15.6. The molecule has 0 fully saturated rings. The summed E-state index contributed by atoms with van der Waals surface area (Å²) in [7, 11) is 5.61. The molecule has 1 aliphatic rings. The first-order chi connectivity index (χ1) is 12.7. The zero-order valence-electron chi connectivity index (χ0n) is 15.6. The van der Waals surface area contributed by atoms with E-state index in [1.807, 2.05) is 6.07 Å². The summed E-state index contributed by atoms with van der Waals surface area (Å²) in [6, 6.07) is 19.4. The zero-order chi connectivity index (χ0) is 18.1. The monoisotopic (exact) mass is 346 g/mol. The van der Waals surface area contributed by atoms with Crippen LogP contribution >= 0.6 is 0 Å². The fourth-order valence-electron chi connectivity index (χ4n) is 3.83. The summed E-state index contributed by atoms with van der Waals surface area (Å²) in [6.45, 7) is 1.01. The van der Waals surface area contributed by atoms with Crippen LogP contribution in [0.4, 0.5) is 0 Å². The fourth-order valence-corrected chi connectivity index (χ4v) is 3.83. The van der Waals surface area contributed by atoms with E-state index in [2.05, 4.69) is 60.2 Å². The van der Waals surface area contributed by atoms with E-state index in [-0.39, 0.29) is 0 Å². The van der Waals surface area contributed by atoms with Crippen LogP contribution in [0.5, 0.6) is 11.5 Å². The van der Waals surface area contributed by atoms with Crippen LogP contribution in [0.1, 0.15) is 16.7 Å². The Morgan fingerprint density at radius 2 is 1.73 bits per heavy atom. The number of hydrogen-bond acceptors (Lipinski definition) is 2. The SMILES string of the molecule is COc1cc2c(c(OC)c1)C(Cc1ccc3ccccc3c1)=[N+](C)CC2. The van der Waals surface area contributed by atoms with Crippen molar-refractivity contribution < 1.29 is 14.0 Å². The molecular weight excluding hydrogens is 322 g/mol. The van der Waals surface area contributed by atoms with Gasteiger partial charge in [-0.2, -0.15) is 0 Å². The second-order valence-corrected chi connectivity index (χ2v) is 6.84. The van der Waals surface area contributed by atoms with Gasteiger partial charge < -0.3 is 9.47 Å². The highest BCUT2D eigenvalue weighted by Gasteiger charge is 2.28. The summed E-state index contributed by atoms with van der Waals surface area (Å²) in [5.41, 5.74) is 5.14. The summed E-state index contributed by atoms with van der Waals surface area (Å²) < 4.78 is 13.5. The van der Waals surface area contributed by atoms with E-state index < -0.39 is 0 Å². The van der Waals surface area contributed by atoms with E-state index in [0.717, 1.165) is 30.9 Å². The van der Waals surface area contributed by atoms with Crippen molar-refractivity contribution in [3.05, 3.63) is 71.3 Å². The fraction of sp³-hybridized carbons (Fsp3) is 0.261. The molecule has 0 unspecified atom stereocenters. The van der Waals surface area contributed by atoms with Crippen molar-refractivity contribution in [2.24, 2.45) is 0 Å². The third-order valence-electron chi connectivity index (χ3n) is 5.26. The summed E-state index contributed by atoms with van der Waals surface area (Å²) in [6.07, 6.45) is 1.89. The van der Waals surface area contributed by atoms with Crippen molar-refractivity contribution in [2.75, 3.05) is 27.8 Å². The van der Waals surface area contributed by atoms with E-state index in [0.29, 0.717) is 0 Å². The lowest BCUT2D eigenvalue weighted by Gasteiger charge is -2.20. The molecule has 132 valence electrons. The third kappa shape index (κ3) is 2.94. The Balaban J connectivity index is 1.78. The molecule has 0 amide bonds. The number of nitrogens with zero attached hydrogens (tertiary/aromatic N) is 1. The number of methoxy groups -OCH3 is 2. The van der Waals surface area contributed by atoms with E-state index in [1.54, 1.807) is 14.2 Å². The van der Waals surface area contributed by atoms with E-state index in [1.165, 1.54) is 33.2 Å². The molecule has 0 radical (unpaired) electrons. The lowest BCUT2D eigenvalue weighted by atomic mass is 9.91. The maximum Gasteiger partial charge on any atom is 0.191 e. The Labute approximate surface area is 154 Å². The molecule has 0 atom stereocenters. The van der Waals surface area contributed by atoms with E-state index >= 15 is 0 Å². The van der Waals surface area contributed by atoms with Crippen molar-refractivity contribution in [2.45, 2.75) is 12.8 Å². The number of fused-ring (bicyclic) bond motifs is 2. The lowest BCUT2D eigenvalue weighted by Crippen LogP contribution is -2.29. The van der Waals surface area contributed by atoms with E-state index in [4.69, 9.17) is 9.47 Å². The van der Waals surface area contributed by atoms with Crippen molar-refractivity contribution in [3.8, 4) is 11.5 Å². The van der Waals surface area contributed by atoms with Crippen LogP contribution < -0.4 is 9.47 Å². The highest BCUT2D eigenvalue weighted by Crippen LogP contribution is 2.32. The molecule has 4 rings (SSSR count). The first kappa shape index (κ1) is 16.6. The van der Waals surface area contributed by atoms with Gasteiger partial charge >= 0.3 is 0 Å². The molecule has 3 heteroatoms. The molecule has 0 saturated heterocycles. The highest BCUT2D eigenvalue weighted by atomic mass is 16.5. The van der Waals surface area contributed by atoms with Gasteiger partial charge in [0.15, 0.2) is 5.71 Å². The van der Waals surface area contributed by atoms with Gasteiger partial charge in [0.1, 0.15) is 25.1 Å². The molecule has 1 aliphatic heterocycles. The minimum absolute atomic E-state index is 0.857. The standard InChI is InChI=1S/C23H24NO2/c1-24-11-10-19-14-20(25-2)15-22(26-3)23(19)21(24)13-16-8-9-17-6-4-5-7-18(17)12-16/h4-9,12,14-15H,10-11,13H2,1-3H3/q+1. The van der Waals surface area contributed by atoms with Crippen molar-refractivity contribution in [3.63, 3.8) is 0 Å². The summed E-state index contributed by atoms with van der Waals surface area (Å²) >= 11 is 0. The van der Waals surface area contributed by atoms with Gasteiger partial charge in [0, 0.05) is 12.5 Å². The Hall–Kier alpha value is -2.81. The Morgan fingerprint density at radius 1 is 0.923 bits per heavy atom. The highest BCUT2D eigenvalue weighted by molar-refractivity contribution is 6.03. The van der Waals surface area contributed by atoms with Crippen LogP contribution in [0.2, 0.25) is 0 Å². The molecule has 3 nitrogen and oxygen atoms in total. The van der Waals surface area contributed by atoms with Gasteiger partial charge in [0.25, 0.3) is 0 Å². The molecule has 0 spiro atoms. The second kappa shape index (κ2) is 6.83. The summed E-state index contributed by atoms with van der Waals surface area (Å²) in [5.74, 6) is 1.75. The Bertz CT molecular complexity index is 1000. The molecule has 3 aromatic rings. The van der Waals surface area contributed by atoms with Gasteiger partial charge in [-0.25, -0.2) is 4.58 Å². The van der Waals surface area contributed by atoms with Crippen LogP contribution in [0.15, 0.2) is 54.6 Å². The maximum absolute atomic E-state index is 5.71. The molecule has 0 N–H and O–H groups in total. The Kier molecular flexibility index (Phi) is 4.37. The van der Waals surface area contributed by atoms with Crippen molar-refractivity contribution >= 4 is 16.5 Å². The van der Waals surface area contributed by atoms with Gasteiger partial charge in [-0.1, -0.05) is 42.5 Å². The van der Waals surface area contributed by atoms with Crippen LogP contribution in [0, 0.1) is 0 Å². The molecule has 1 heterocycles. The molecule has 0 aromatic heterocycles. The van der Waals surface area contributed by atoms with Crippen LogP contribution in [0.25, 0.3) is 10.8 Å². The number of rotatable bonds is 4. The van der Waals surface area contributed by atoms with Gasteiger partial charge in [-0.3, -0.25) is 0 Å². The first-order valence-corrected chi connectivity index (χ1v) is 8.99. The number of hydrogen-bond donors (Lipinski definition) is 0. The lowest BCUT2D eigenvalue weighted by molar-refractivity contribution is -0.498. The van der Waals surface area contributed by atoms with Crippen LogP contribution in [0.3, 0.4) is 0 Å². The molecule has 26 heavy (non-hydrogen) atoms. The van der Waals surface area contributed by atoms with Crippen molar-refractivity contribution in [1.29, 1.82) is 0 Å². The molecule has 3 aromatic carbocycles. The minimum Gasteiger partial charge on any atom is -0.497 e. The molecule has 0 bridgehead atoms. The number of benzene rings is 3. The Morgan fingerprint density at radius 3 is 2.50 bits per heavy atom. The quantitative estimate of drug-likeness (QED) is 0.664. The predicted molar refractivity (Wildman–Crippen MR) is 106 cm³/mol. The number of ether oxygens (including phenoxy) is 2. The van der Waals surface area contributed by atoms with Crippen LogP contribution in [-0.2, 0) is 12.8 Å². The first-order valence-electron chi connectivity index (χ1n) is 8.99. The van der Waals surface area contributed by atoms with Gasteiger partial charge in [0.2, 0.25) is 0 Å². The van der Waals surface area contributed by atoms with Gasteiger partial charge in [-0.15, -0.1) is 0 Å². The van der Waals surface area contributed by atoms with E-state index in [9.17, 15) is 0 Å². The average molecular weight is 346 g/mol. The third-order valence-corrected chi connectivity index (χ3v) is 5.26. The van der Waals surface area contributed by atoms with Crippen molar-refractivity contribution in [1.82, 2.24) is 0 Å². The molecular formula is C23H24NO2+. The van der Waals surface area contributed by atoms with Gasteiger partial charge in [0.05, 0.1) is 26.2 Å². The molecule has 0 aliphatic carbocycles. The number of likely N-dealkylation sites (N-methyl/N-ethyl adjacent to an activating group) is 1. The van der Waals surface area contributed by atoms with Crippen LogP contribution in [-0.4, -0.2) is 38.1 Å². The average Bonchev–Trinajstić information content (AvgIpc) is 2.69. The topological polar surface area (TPSA) is 21.5 Å². The smallest absolute Gasteiger partial charge is 0.191 e. The largest absolute Gasteiger partial charge is 0.497 e.